The number of rotatable bonds is 1. The molecule has 0 saturated carbocycles. The van der Waals surface area contributed by atoms with Crippen molar-refractivity contribution in [3.05, 3.63) is 35.6 Å². The molecular weight excluding hydrogens is 185 g/mol. The number of carbonyl (C=O) groups excluding carboxylic acids is 1. The van der Waals surface area contributed by atoms with E-state index in [-0.39, 0.29) is 18.0 Å². The van der Waals surface area contributed by atoms with E-state index >= 15 is 0 Å². The van der Waals surface area contributed by atoms with E-state index in [9.17, 15) is 9.18 Å². The molecule has 1 saturated heterocycles. The van der Waals surface area contributed by atoms with Crippen LogP contribution < -0.4 is 5.32 Å². The van der Waals surface area contributed by atoms with Crippen molar-refractivity contribution in [2.45, 2.75) is 19.1 Å². The van der Waals surface area contributed by atoms with Gasteiger partial charge in [-0.15, -0.1) is 0 Å². The zero-order chi connectivity index (χ0) is 10.1. The van der Waals surface area contributed by atoms with Crippen LogP contribution in [0.25, 0.3) is 0 Å². The molecule has 0 unspecified atom stereocenters. The van der Waals surface area contributed by atoms with E-state index in [1.54, 1.807) is 12.1 Å². The Bertz CT molecular complexity index is 350. The summed E-state index contributed by atoms with van der Waals surface area (Å²) in [5.41, 5.74) is 0.803. The Hall–Kier alpha value is -1.58. The van der Waals surface area contributed by atoms with Gasteiger partial charge in [0, 0.05) is 0 Å². The smallest absolute Gasteiger partial charge is 0.408 e. The first-order valence-electron chi connectivity index (χ1n) is 4.39. The SMILES string of the molecule is C[C@H]1NC(=O)O[C@@H]1c1ccc(F)cc1. The number of carbonyl (C=O) groups is 1. The van der Waals surface area contributed by atoms with Gasteiger partial charge in [0.2, 0.25) is 0 Å². The first-order chi connectivity index (χ1) is 6.66. The fourth-order valence-electron chi connectivity index (χ4n) is 1.52. The standard InChI is InChI=1S/C10H10FNO2/c1-6-9(14-10(13)12-6)7-2-4-8(11)5-3-7/h2-6,9H,1H3,(H,12,13)/t6-,9+/m1/s1. The maximum atomic E-state index is 12.6. The van der Waals surface area contributed by atoms with Crippen molar-refractivity contribution in [2.24, 2.45) is 0 Å². The molecule has 1 aromatic rings. The van der Waals surface area contributed by atoms with Crippen molar-refractivity contribution < 1.29 is 13.9 Å². The first-order valence-corrected chi connectivity index (χ1v) is 4.39. The summed E-state index contributed by atoms with van der Waals surface area (Å²) in [7, 11) is 0. The van der Waals surface area contributed by atoms with Crippen LogP contribution in [0, 0.1) is 5.82 Å². The predicted molar refractivity (Wildman–Crippen MR) is 48.2 cm³/mol. The lowest BCUT2D eigenvalue weighted by molar-refractivity contribution is 0.134. The second-order valence-corrected chi connectivity index (χ2v) is 3.31. The van der Waals surface area contributed by atoms with Gasteiger partial charge in [-0.2, -0.15) is 0 Å². The summed E-state index contributed by atoms with van der Waals surface area (Å²) in [6.07, 6.45) is -0.741. The molecule has 4 heteroatoms. The Morgan fingerprint density at radius 1 is 1.36 bits per heavy atom. The van der Waals surface area contributed by atoms with E-state index < -0.39 is 6.09 Å². The molecule has 74 valence electrons. The molecule has 0 bridgehead atoms. The number of amides is 1. The molecule has 2 rings (SSSR count). The van der Waals surface area contributed by atoms with Crippen LogP contribution in [0.1, 0.15) is 18.6 Å². The highest BCUT2D eigenvalue weighted by Gasteiger charge is 2.31. The third kappa shape index (κ3) is 1.55. The Morgan fingerprint density at radius 2 is 2.00 bits per heavy atom. The number of hydrogen-bond donors (Lipinski definition) is 1. The Balaban J connectivity index is 2.23. The van der Waals surface area contributed by atoms with Crippen LogP contribution in [-0.4, -0.2) is 12.1 Å². The molecule has 0 aliphatic carbocycles. The van der Waals surface area contributed by atoms with Crippen LogP contribution in [0.3, 0.4) is 0 Å². The van der Waals surface area contributed by atoms with Crippen molar-refractivity contribution in [1.29, 1.82) is 0 Å². The predicted octanol–water partition coefficient (Wildman–Crippen LogP) is 2.00. The molecule has 1 aromatic carbocycles. The first kappa shape index (κ1) is 8.99. The number of nitrogens with one attached hydrogen (secondary N) is 1. The van der Waals surface area contributed by atoms with E-state index in [1.807, 2.05) is 6.92 Å². The van der Waals surface area contributed by atoms with Crippen molar-refractivity contribution in [3.8, 4) is 0 Å². The summed E-state index contributed by atoms with van der Waals surface area (Å²) in [5, 5.41) is 2.63. The molecule has 1 fully saturated rings. The minimum atomic E-state index is -0.424. The van der Waals surface area contributed by atoms with Crippen LogP contribution in [0.15, 0.2) is 24.3 Å². The summed E-state index contributed by atoms with van der Waals surface area (Å²) in [4.78, 5) is 10.9. The molecular formula is C10H10FNO2. The number of halogens is 1. The zero-order valence-corrected chi connectivity index (χ0v) is 7.66. The molecule has 0 radical (unpaired) electrons. The van der Waals surface area contributed by atoms with Gasteiger partial charge in [-0.1, -0.05) is 12.1 Å². The molecule has 0 spiro atoms. The Morgan fingerprint density at radius 3 is 2.50 bits per heavy atom. The van der Waals surface area contributed by atoms with Gasteiger partial charge >= 0.3 is 6.09 Å². The third-order valence-electron chi connectivity index (χ3n) is 2.23. The molecule has 1 heterocycles. The van der Waals surface area contributed by atoms with Crippen LogP contribution >= 0.6 is 0 Å². The van der Waals surface area contributed by atoms with Crippen molar-refractivity contribution in [2.75, 3.05) is 0 Å². The lowest BCUT2D eigenvalue weighted by Crippen LogP contribution is -2.23. The van der Waals surface area contributed by atoms with Crippen LogP contribution in [0.4, 0.5) is 9.18 Å². The molecule has 1 aliphatic rings. The molecule has 14 heavy (non-hydrogen) atoms. The second kappa shape index (κ2) is 3.29. The van der Waals surface area contributed by atoms with E-state index in [0.717, 1.165) is 5.56 Å². The maximum absolute atomic E-state index is 12.6. The monoisotopic (exact) mass is 195 g/mol. The maximum Gasteiger partial charge on any atom is 0.408 e. The molecule has 1 N–H and O–H groups in total. The van der Waals surface area contributed by atoms with Gasteiger partial charge in [0.1, 0.15) is 11.9 Å². The summed E-state index contributed by atoms with van der Waals surface area (Å²) >= 11 is 0. The molecule has 3 nitrogen and oxygen atoms in total. The number of cyclic esters (lactones) is 1. The lowest BCUT2D eigenvalue weighted by atomic mass is 10.0. The highest BCUT2D eigenvalue weighted by Crippen LogP contribution is 2.25. The van der Waals surface area contributed by atoms with Crippen molar-refractivity contribution in [3.63, 3.8) is 0 Å². The van der Waals surface area contributed by atoms with E-state index in [2.05, 4.69) is 5.32 Å². The number of hydrogen-bond acceptors (Lipinski definition) is 2. The van der Waals surface area contributed by atoms with Gasteiger partial charge in [-0.25, -0.2) is 9.18 Å². The van der Waals surface area contributed by atoms with Gasteiger partial charge in [-0.05, 0) is 24.6 Å². The topological polar surface area (TPSA) is 38.3 Å². The van der Waals surface area contributed by atoms with Crippen LogP contribution in [0.5, 0.6) is 0 Å². The fraction of sp³-hybridized carbons (Fsp3) is 0.300. The van der Waals surface area contributed by atoms with Crippen LogP contribution in [-0.2, 0) is 4.74 Å². The van der Waals surface area contributed by atoms with Gasteiger partial charge in [0.05, 0.1) is 6.04 Å². The number of alkyl carbamates (subject to hydrolysis) is 1. The number of ether oxygens (including phenoxy) is 1. The molecule has 1 amide bonds. The lowest BCUT2D eigenvalue weighted by Gasteiger charge is -2.12. The second-order valence-electron chi connectivity index (χ2n) is 3.31. The minimum Gasteiger partial charge on any atom is -0.439 e. The highest BCUT2D eigenvalue weighted by molar-refractivity contribution is 5.70. The normalized spacial score (nSPS) is 25.7. The van der Waals surface area contributed by atoms with Crippen molar-refractivity contribution >= 4 is 6.09 Å². The third-order valence-corrected chi connectivity index (χ3v) is 2.23. The van der Waals surface area contributed by atoms with Gasteiger partial charge in [0.25, 0.3) is 0 Å². The average Bonchev–Trinajstić information content (AvgIpc) is 2.47. The fourth-order valence-corrected chi connectivity index (χ4v) is 1.52. The van der Waals surface area contributed by atoms with Crippen LogP contribution in [0.2, 0.25) is 0 Å². The van der Waals surface area contributed by atoms with Gasteiger partial charge in [0.15, 0.2) is 0 Å². The summed E-state index contributed by atoms with van der Waals surface area (Å²) in [5.74, 6) is -0.293. The molecule has 0 aromatic heterocycles. The summed E-state index contributed by atoms with van der Waals surface area (Å²) in [6.45, 7) is 1.85. The number of benzene rings is 1. The summed E-state index contributed by atoms with van der Waals surface area (Å²) < 4.78 is 17.7. The summed E-state index contributed by atoms with van der Waals surface area (Å²) in [6, 6.07) is 5.88. The van der Waals surface area contributed by atoms with Gasteiger partial charge < -0.3 is 10.1 Å². The molecule has 1 aliphatic heterocycles. The average molecular weight is 195 g/mol. The largest absolute Gasteiger partial charge is 0.439 e. The van der Waals surface area contributed by atoms with E-state index in [4.69, 9.17) is 4.74 Å². The van der Waals surface area contributed by atoms with E-state index in [0.29, 0.717) is 0 Å². The van der Waals surface area contributed by atoms with Gasteiger partial charge in [-0.3, -0.25) is 0 Å². The highest BCUT2D eigenvalue weighted by atomic mass is 19.1. The van der Waals surface area contributed by atoms with E-state index in [1.165, 1.54) is 12.1 Å². The Kier molecular flexibility index (Phi) is 2.11. The Labute approximate surface area is 80.9 Å². The molecule has 2 atom stereocenters. The van der Waals surface area contributed by atoms with Crippen molar-refractivity contribution in [1.82, 2.24) is 5.32 Å². The quantitative estimate of drug-likeness (QED) is 0.744. The zero-order valence-electron chi connectivity index (χ0n) is 7.66. The minimum absolute atomic E-state index is 0.0760.